The van der Waals surface area contributed by atoms with Gasteiger partial charge in [-0.25, -0.2) is 0 Å². The zero-order valence-electron chi connectivity index (χ0n) is 7.82. The van der Waals surface area contributed by atoms with Crippen molar-refractivity contribution in [2.45, 2.75) is 19.4 Å². The van der Waals surface area contributed by atoms with Crippen LogP contribution >= 0.6 is 23.1 Å². The average Bonchev–Trinajstić information content (AvgIpc) is 2.72. The summed E-state index contributed by atoms with van der Waals surface area (Å²) in [5, 5.41) is 2.15. The van der Waals surface area contributed by atoms with Crippen molar-refractivity contribution in [3.63, 3.8) is 0 Å². The molecule has 0 amide bonds. The van der Waals surface area contributed by atoms with Gasteiger partial charge in [-0.05, 0) is 47.8 Å². The lowest BCUT2D eigenvalue weighted by atomic mass is 9.94. The summed E-state index contributed by atoms with van der Waals surface area (Å²) in [6.45, 7) is 2.17. The second kappa shape index (κ2) is 4.03. The summed E-state index contributed by atoms with van der Waals surface area (Å²) in [7, 11) is 0. The maximum atomic E-state index is 6.24. The van der Waals surface area contributed by atoms with Gasteiger partial charge in [-0.2, -0.15) is 11.8 Å². The third-order valence-corrected chi connectivity index (χ3v) is 4.78. The molecule has 1 aromatic rings. The first-order valence-electron chi connectivity index (χ1n) is 4.66. The molecule has 1 saturated heterocycles. The molecule has 0 spiro atoms. The summed E-state index contributed by atoms with van der Waals surface area (Å²) in [4.78, 5) is 1.39. The van der Waals surface area contributed by atoms with Gasteiger partial charge in [0, 0.05) is 10.9 Å². The van der Waals surface area contributed by atoms with Crippen LogP contribution in [0.2, 0.25) is 0 Å². The van der Waals surface area contributed by atoms with Gasteiger partial charge in [0.25, 0.3) is 0 Å². The number of hydrogen-bond donors (Lipinski definition) is 1. The quantitative estimate of drug-likeness (QED) is 0.817. The molecule has 72 valence electrons. The molecule has 2 unspecified atom stereocenters. The fourth-order valence-electron chi connectivity index (χ4n) is 1.83. The lowest BCUT2D eigenvalue weighted by Crippen LogP contribution is -2.21. The molecule has 1 aliphatic rings. The number of thioether (sulfide) groups is 1. The van der Waals surface area contributed by atoms with Gasteiger partial charge in [-0.1, -0.05) is 0 Å². The van der Waals surface area contributed by atoms with Gasteiger partial charge in [0.15, 0.2) is 0 Å². The topological polar surface area (TPSA) is 26.0 Å². The maximum absolute atomic E-state index is 6.24. The van der Waals surface area contributed by atoms with E-state index in [0.29, 0.717) is 5.92 Å². The van der Waals surface area contributed by atoms with Crippen LogP contribution in [0.15, 0.2) is 11.4 Å². The number of nitrogens with two attached hydrogens (primary N) is 1. The summed E-state index contributed by atoms with van der Waals surface area (Å²) >= 11 is 3.84. The van der Waals surface area contributed by atoms with Crippen LogP contribution in [-0.2, 0) is 0 Å². The predicted octanol–water partition coefficient (Wildman–Crippen LogP) is 2.81. The Morgan fingerprint density at radius 2 is 2.46 bits per heavy atom. The highest BCUT2D eigenvalue weighted by atomic mass is 32.2. The third-order valence-electron chi connectivity index (χ3n) is 2.73. The summed E-state index contributed by atoms with van der Waals surface area (Å²) in [6, 6.07) is 2.47. The molecular weight excluding hydrogens is 198 g/mol. The summed E-state index contributed by atoms with van der Waals surface area (Å²) < 4.78 is 0. The number of rotatable bonds is 2. The normalized spacial score (nSPS) is 24.9. The monoisotopic (exact) mass is 213 g/mol. The minimum atomic E-state index is 0.279. The molecule has 0 aliphatic carbocycles. The van der Waals surface area contributed by atoms with Crippen LogP contribution in [0.25, 0.3) is 0 Å². The maximum Gasteiger partial charge on any atom is 0.0342 e. The second-order valence-corrected chi connectivity index (χ2v) is 5.85. The Bertz CT molecular complexity index is 276. The first kappa shape index (κ1) is 9.56. The van der Waals surface area contributed by atoms with Crippen molar-refractivity contribution >= 4 is 23.1 Å². The van der Waals surface area contributed by atoms with E-state index in [4.69, 9.17) is 5.73 Å². The van der Waals surface area contributed by atoms with E-state index in [2.05, 4.69) is 18.4 Å². The Morgan fingerprint density at radius 3 is 3.00 bits per heavy atom. The molecule has 1 aromatic heterocycles. The molecule has 0 radical (unpaired) electrons. The van der Waals surface area contributed by atoms with Gasteiger partial charge < -0.3 is 5.73 Å². The fraction of sp³-hybridized carbons (Fsp3) is 0.600. The summed E-state index contributed by atoms with van der Waals surface area (Å²) in [5.41, 5.74) is 7.61. The third kappa shape index (κ3) is 1.92. The molecule has 1 aliphatic heterocycles. The van der Waals surface area contributed by atoms with Crippen LogP contribution in [-0.4, -0.2) is 11.5 Å². The van der Waals surface area contributed by atoms with Gasteiger partial charge in [0.1, 0.15) is 0 Å². The molecule has 2 atom stereocenters. The van der Waals surface area contributed by atoms with Crippen molar-refractivity contribution in [3.05, 3.63) is 21.9 Å². The Labute approximate surface area is 87.7 Å². The van der Waals surface area contributed by atoms with Crippen molar-refractivity contribution in [2.75, 3.05) is 11.5 Å². The lowest BCUT2D eigenvalue weighted by Gasteiger charge is -2.17. The van der Waals surface area contributed by atoms with E-state index in [0.717, 1.165) is 0 Å². The van der Waals surface area contributed by atoms with Gasteiger partial charge in [0.2, 0.25) is 0 Å². The highest BCUT2D eigenvalue weighted by Gasteiger charge is 2.24. The Morgan fingerprint density at radius 1 is 1.62 bits per heavy atom. The molecule has 3 heteroatoms. The Kier molecular flexibility index (Phi) is 2.96. The molecule has 2 heterocycles. The molecule has 2 N–H and O–H groups in total. The number of hydrogen-bond acceptors (Lipinski definition) is 3. The smallest absolute Gasteiger partial charge is 0.0342 e. The molecular formula is C10H15NS2. The standard InChI is InChI=1S/C10H15NS2/c1-7-9(3-5-13-7)10(11)8-2-4-12-6-8/h3,5,8,10H,2,4,6,11H2,1H3. The number of thiophene rings is 1. The zero-order chi connectivity index (χ0) is 9.26. The van der Waals surface area contributed by atoms with Crippen LogP contribution < -0.4 is 5.73 Å². The molecule has 0 saturated carbocycles. The largest absolute Gasteiger partial charge is 0.324 e. The molecule has 0 bridgehead atoms. The van der Waals surface area contributed by atoms with E-state index in [1.165, 1.54) is 28.4 Å². The van der Waals surface area contributed by atoms with E-state index in [1.807, 2.05) is 11.8 Å². The van der Waals surface area contributed by atoms with Crippen molar-refractivity contribution < 1.29 is 0 Å². The highest BCUT2D eigenvalue weighted by molar-refractivity contribution is 7.99. The van der Waals surface area contributed by atoms with E-state index >= 15 is 0 Å². The van der Waals surface area contributed by atoms with E-state index in [-0.39, 0.29) is 6.04 Å². The highest BCUT2D eigenvalue weighted by Crippen LogP contribution is 2.34. The molecule has 2 rings (SSSR count). The first-order valence-corrected chi connectivity index (χ1v) is 6.70. The fourth-order valence-corrected chi connectivity index (χ4v) is 3.90. The Hall–Kier alpha value is 0.01000. The minimum Gasteiger partial charge on any atom is -0.324 e. The molecule has 13 heavy (non-hydrogen) atoms. The zero-order valence-corrected chi connectivity index (χ0v) is 9.46. The summed E-state index contributed by atoms with van der Waals surface area (Å²) in [5.74, 6) is 3.25. The predicted molar refractivity (Wildman–Crippen MR) is 61.4 cm³/mol. The van der Waals surface area contributed by atoms with E-state index in [9.17, 15) is 0 Å². The van der Waals surface area contributed by atoms with Crippen LogP contribution in [0.4, 0.5) is 0 Å². The van der Waals surface area contributed by atoms with Crippen molar-refractivity contribution in [2.24, 2.45) is 11.7 Å². The Balaban J connectivity index is 2.12. The first-order chi connectivity index (χ1) is 6.29. The van der Waals surface area contributed by atoms with Crippen LogP contribution in [0, 0.1) is 12.8 Å². The van der Waals surface area contributed by atoms with Crippen LogP contribution in [0.1, 0.15) is 22.9 Å². The van der Waals surface area contributed by atoms with Gasteiger partial charge in [0.05, 0.1) is 0 Å². The van der Waals surface area contributed by atoms with Crippen molar-refractivity contribution in [1.82, 2.24) is 0 Å². The van der Waals surface area contributed by atoms with E-state index in [1.54, 1.807) is 11.3 Å². The molecule has 0 aromatic carbocycles. The average molecular weight is 213 g/mol. The lowest BCUT2D eigenvalue weighted by molar-refractivity contribution is 0.482. The van der Waals surface area contributed by atoms with Crippen LogP contribution in [0.3, 0.4) is 0 Å². The summed E-state index contributed by atoms with van der Waals surface area (Å²) in [6.07, 6.45) is 1.29. The van der Waals surface area contributed by atoms with Gasteiger partial charge in [-0.3, -0.25) is 0 Å². The number of aryl methyl sites for hydroxylation is 1. The van der Waals surface area contributed by atoms with E-state index < -0.39 is 0 Å². The second-order valence-electron chi connectivity index (χ2n) is 3.58. The van der Waals surface area contributed by atoms with Gasteiger partial charge in [-0.15, -0.1) is 11.3 Å². The molecule has 1 fully saturated rings. The van der Waals surface area contributed by atoms with Crippen LogP contribution in [0.5, 0.6) is 0 Å². The van der Waals surface area contributed by atoms with Crippen molar-refractivity contribution in [1.29, 1.82) is 0 Å². The van der Waals surface area contributed by atoms with Gasteiger partial charge >= 0.3 is 0 Å². The molecule has 1 nitrogen and oxygen atoms in total. The minimum absolute atomic E-state index is 0.279. The van der Waals surface area contributed by atoms with Crippen molar-refractivity contribution in [3.8, 4) is 0 Å². The SMILES string of the molecule is Cc1sccc1C(N)C1CCSC1.